The van der Waals surface area contributed by atoms with Gasteiger partial charge >= 0.3 is 0 Å². The van der Waals surface area contributed by atoms with Gasteiger partial charge in [0.2, 0.25) is 0 Å². The lowest BCUT2D eigenvalue weighted by molar-refractivity contribution is -0.0274. The maximum atomic E-state index is 13.8. The number of aromatic nitrogens is 2. The average Bonchev–Trinajstić information content (AvgIpc) is 2.83. The minimum atomic E-state index is -2.52. The molecule has 0 radical (unpaired) electrons. The van der Waals surface area contributed by atoms with Gasteiger partial charge in [-0.1, -0.05) is 11.2 Å². The summed E-state index contributed by atoms with van der Waals surface area (Å²) in [6.07, 6.45) is 2.06. The SMILES string of the molecule is CCO/N=C(\c1ccc(F)c(F)c1)c1ccc(CN2CC3(C2)CN(c2cncc(C(F)F)c2)C3)cn1. The molecule has 2 aromatic heterocycles. The molecule has 1 aromatic carbocycles. The van der Waals surface area contributed by atoms with Gasteiger partial charge in [0, 0.05) is 61.7 Å². The van der Waals surface area contributed by atoms with Crippen LogP contribution in [-0.2, 0) is 11.4 Å². The van der Waals surface area contributed by atoms with Gasteiger partial charge in [0.15, 0.2) is 11.6 Å². The number of alkyl halides is 2. The second kappa shape index (κ2) is 9.85. The van der Waals surface area contributed by atoms with Crippen molar-refractivity contribution in [2.75, 3.05) is 37.7 Å². The summed E-state index contributed by atoms with van der Waals surface area (Å²) in [7, 11) is 0. The van der Waals surface area contributed by atoms with Crippen LogP contribution in [0.1, 0.15) is 35.7 Å². The molecule has 0 N–H and O–H groups in total. The molecule has 188 valence electrons. The first-order valence-corrected chi connectivity index (χ1v) is 11.7. The summed E-state index contributed by atoms with van der Waals surface area (Å²) in [4.78, 5) is 18.0. The summed E-state index contributed by atoms with van der Waals surface area (Å²) in [5, 5.41) is 4.06. The molecule has 4 heterocycles. The van der Waals surface area contributed by atoms with Gasteiger partial charge < -0.3 is 9.74 Å². The normalized spacial score (nSPS) is 17.3. The molecular formula is C26H25F4N5O. The summed E-state index contributed by atoms with van der Waals surface area (Å²) in [5.41, 5.74) is 3.06. The maximum absolute atomic E-state index is 13.8. The lowest BCUT2D eigenvalue weighted by atomic mass is 9.72. The second-order valence-corrected chi connectivity index (χ2v) is 9.32. The molecular weight excluding hydrogens is 474 g/mol. The highest BCUT2D eigenvalue weighted by molar-refractivity contribution is 6.11. The summed E-state index contributed by atoms with van der Waals surface area (Å²) in [6, 6.07) is 8.80. The van der Waals surface area contributed by atoms with Crippen LogP contribution in [-0.4, -0.2) is 53.4 Å². The Bertz CT molecular complexity index is 1250. The van der Waals surface area contributed by atoms with E-state index in [4.69, 9.17) is 4.84 Å². The number of likely N-dealkylation sites (tertiary alicyclic amines) is 1. The highest BCUT2D eigenvalue weighted by Crippen LogP contribution is 2.42. The van der Waals surface area contributed by atoms with E-state index in [2.05, 4.69) is 24.9 Å². The van der Waals surface area contributed by atoms with Crippen molar-refractivity contribution >= 4 is 11.4 Å². The van der Waals surface area contributed by atoms with Gasteiger partial charge in [-0.25, -0.2) is 17.6 Å². The Kier molecular flexibility index (Phi) is 6.61. The summed E-state index contributed by atoms with van der Waals surface area (Å²) in [5.74, 6) is -1.90. The van der Waals surface area contributed by atoms with Gasteiger partial charge in [-0.15, -0.1) is 0 Å². The Hall–Kier alpha value is -3.53. The number of anilines is 1. The zero-order chi connectivity index (χ0) is 25.3. The third kappa shape index (κ3) is 4.90. The molecule has 0 atom stereocenters. The number of hydrogen-bond acceptors (Lipinski definition) is 6. The predicted octanol–water partition coefficient (Wildman–Crippen LogP) is 4.80. The molecule has 36 heavy (non-hydrogen) atoms. The van der Waals surface area contributed by atoms with Gasteiger partial charge in [0.05, 0.1) is 17.6 Å². The molecule has 5 rings (SSSR count). The van der Waals surface area contributed by atoms with E-state index in [0.717, 1.165) is 56.1 Å². The number of pyridine rings is 2. The minimum Gasteiger partial charge on any atom is -0.396 e. The first-order valence-electron chi connectivity index (χ1n) is 11.7. The van der Waals surface area contributed by atoms with E-state index in [-0.39, 0.29) is 11.0 Å². The fourth-order valence-corrected chi connectivity index (χ4v) is 4.83. The number of rotatable bonds is 8. The van der Waals surface area contributed by atoms with Crippen LogP contribution in [0.15, 0.2) is 60.1 Å². The number of oxime groups is 1. The Labute approximate surface area is 206 Å². The smallest absolute Gasteiger partial charge is 0.265 e. The van der Waals surface area contributed by atoms with Crippen LogP contribution in [0.5, 0.6) is 0 Å². The topological polar surface area (TPSA) is 53.9 Å². The van der Waals surface area contributed by atoms with Crippen LogP contribution >= 0.6 is 0 Å². The summed E-state index contributed by atoms with van der Waals surface area (Å²) < 4.78 is 53.0. The molecule has 2 saturated heterocycles. The van der Waals surface area contributed by atoms with Crippen molar-refractivity contribution in [1.82, 2.24) is 14.9 Å². The lowest BCUT2D eigenvalue weighted by Gasteiger charge is -2.61. The van der Waals surface area contributed by atoms with Crippen LogP contribution in [0.2, 0.25) is 0 Å². The summed E-state index contributed by atoms with van der Waals surface area (Å²) >= 11 is 0. The number of nitrogens with zero attached hydrogens (tertiary/aromatic N) is 5. The van der Waals surface area contributed by atoms with Crippen molar-refractivity contribution in [2.24, 2.45) is 10.6 Å². The van der Waals surface area contributed by atoms with E-state index in [1.54, 1.807) is 25.4 Å². The average molecular weight is 500 g/mol. The molecule has 6 nitrogen and oxygen atoms in total. The number of hydrogen-bond donors (Lipinski definition) is 0. The Morgan fingerprint density at radius 2 is 1.83 bits per heavy atom. The van der Waals surface area contributed by atoms with Crippen molar-refractivity contribution in [1.29, 1.82) is 0 Å². The molecule has 0 bridgehead atoms. The van der Waals surface area contributed by atoms with Gasteiger partial charge in [-0.3, -0.25) is 14.9 Å². The highest BCUT2D eigenvalue weighted by Gasteiger charge is 2.51. The monoisotopic (exact) mass is 499 g/mol. The largest absolute Gasteiger partial charge is 0.396 e. The molecule has 0 unspecified atom stereocenters. The standard InChI is InChI=1S/C26H25F4N5O/c1-2-36-33-24(18-4-5-21(27)22(28)8-18)23-6-3-17(9-32-23)12-34-13-26(14-34)15-35(16-26)20-7-19(25(29)30)10-31-11-20/h3-11,25H,2,12-16H2,1H3/b33-24+. The van der Waals surface area contributed by atoms with E-state index in [1.807, 2.05) is 6.07 Å². The van der Waals surface area contributed by atoms with Gasteiger partial charge in [0.1, 0.15) is 12.3 Å². The third-order valence-corrected chi connectivity index (χ3v) is 6.48. The van der Waals surface area contributed by atoms with Crippen molar-refractivity contribution in [2.45, 2.75) is 19.9 Å². The Morgan fingerprint density at radius 1 is 1.03 bits per heavy atom. The molecule has 0 amide bonds. The van der Waals surface area contributed by atoms with Gasteiger partial charge in [-0.2, -0.15) is 0 Å². The van der Waals surface area contributed by atoms with Crippen LogP contribution in [0.25, 0.3) is 0 Å². The highest BCUT2D eigenvalue weighted by atomic mass is 19.3. The van der Waals surface area contributed by atoms with Crippen molar-refractivity contribution in [3.8, 4) is 0 Å². The lowest BCUT2D eigenvalue weighted by Crippen LogP contribution is -2.72. The number of halogens is 4. The molecule has 2 aliphatic rings. The van der Waals surface area contributed by atoms with E-state index < -0.39 is 18.1 Å². The van der Waals surface area contributed by atoms with E-state index in [0.29, 0.717) is 23.6 Å². The van der Waals surface area contributed by atoms with Crippen molar-refractivity contribution in [3.63, 3.8) is 0 Å². The molecule has 3 aromatic rings. The Balaban J connectivity index is 1.18. The molecule has 2 fully saturated rings. The molecule has 2 aliphatic heterocycles. The zero-order valence-corrected chi connectivity index (χ0v) is 19.7. The van der Waals surface area contributed by atoms with Crippen LogP contribution in [0.3, 0.4) is 0 Å². The van der Waals surface area contributed by atoms with Crippen molar-refractivity contribution in [3.05, 3.63) is 89.0 Å². The zero-order valence-electron chi connectivity index (χ0n) is 19.7. The van der Waals surface area contributed by atoms with Crippen LogP contribution in [0.4, 0.5) is 23.2 Å². The first kappa shape index (κ1) is 24.2. The molecule has 10 heteroatoms. The predicted molar refractivity (Wildman–Crippen MR) is 127 cm³/mol. The fourth-order valence-electron chi connectivity index (χ4n) is 4.83. The van der Waals surface area contributed by atoms with Gasteiger partial charge in [0.25, 0.3) is 6.43 Å². The van der Waals surface area contributed by atoms with Crippen LogP contribution < -0.4 is 4.90 Å². The molecule has 0 aliphatic carbocycles. The maximum Gasteiger partial charge on any atom is 0.265 e. The molecule has 0 saturated carbocycles. The fraction of sp³-hybridized carbons (Fsp3) is 0.346. The van der Waals surface area contributed by atoms with Gasteiger partial charge in [-0.05, 0) is 42.8 Å². The first-order chi connectivity index (χ1) is 17.4. The quantitative estimate of drug-likeness (QED) is 0.253. The van der Waals surface area contributed by atoms with Crippen LogP contribution in [0, 0.1) is 17.0 Å². The second-order valence-electron chi connectivity index (χ2n) is 9.32. The third-order valence-electron chi connectivity index (χ3n) is 6.48. The van der Waals surface area contributed by atoms with Crippen molar-refractivity contribution < 1.29 is 22.4 Å². The minimum absolute atomic E-state index is 0.0568. The van der Waals surface area contributed by atoms with E-state index in [1.165, 1.54) is 18.3 Å². The summed E-state index contributed by atoms with van der Waals surface area (Å²) in [6.45, 7) is 6.30. The van der Waals surface area contributed by atoms with E-state index >= 15 is 0 Å². The van der Waals surface area contributed by atoms with E-state index in [9.17, 15) is 17.6 Å². The number of benzene rings is 1. The Morgan fingerprint density at radius 3 is 2.50 bits per heavy atom. The molecule has 1 spiro atoms.